The van der Waals surface area contributed by atoms with Crippen molar-refractivity contribution in [3.8, 4) is 5.88 Å². The van der Waals surface area contributed by atoms with Crippen molar-refractivity contribution in [2.45, 2.75) is 19.8 Å². The monoisotopic (exact) mass is 211 g/mol. The van der Waals surface area contributed by atoms with Gasteiger partial charge in [-0.3, -0.25) is 0 Å². The van der Waals surface area contributed by atoms with Crippen molar-refractivity contribution in [2.75, 3.05) is 25.6 Å². The van der Waals surface area contributed by atoms with Gasteiger partial charge in [0, 0.05) is 24.9 Å². The molecular formula is C10H17N3O2. The van der Waals surface area contributed by atoms with Crippen LogP contribution in [0.1, 0.15) is 18.5 Å². The van der Waals surface area contributed by atoms with E-state index in [-0.39, 0.29) is 6.61 Å². The van der Waals surface area contributed by atoms with Crippen LogP contribution in [0.4, 0.5) is 5.95 Å². The SMILES string of the molecule is COc1cc(C)nc(NCCCCO)n1. The van der Waals surface area contributed by atoms with Crippen molar-refractivity contribution < 1.29 is 9.84 Å². The normalized spacial score (nSPS) is 10.1. The molecule has 0 saturated carbocycles. The van der Waals surface area contributed by atoms with Gasteiger partial charge in [0.25, 0.3) is 0 Å². The number of unbranched alkanes of at least 4 members (excludes halogenated alkanes) is 1. The molecule has 0 bridgehead atoms. The molecule has 0 amide bonds. The lowest BCUT2D eigenvalue weighted by atomic mass is 10.3. The van der Waals surface area contributed by atoms with Crippen molar-refractivity contribution >= 4 is 5.95 Å². The minimum Gasteiger partial charge on any atom is -0.481 e. The Kier molecular flexibility index (Phi) is 4.83. The molecule has 5 nitrogen and oxygen atoms in total. The lowest BCUT2D eigenvalue weighted by molar-refractivity contribution is 0.286. The summed E-state index contributed by atoms with van der Waals surface area (Å²) in [5.41, 5.74) is 0.867. The van der Waals surface area contributed by atoms with Gasteiger partial charge in [-0.05, 0) is 19.8 Å². The van der Waals surface area contributed by atoms with E-state index in [9.17, 15) is 0 Å². The quantitative estimate of drug-likeness (QED) is 0.686. The number of hydrogen-bond donors (Lipinski definition) is 2. The zero-order valence-electron chi connectivity index (χ0n) is 9.16. The summed E-state index contributed by atoms with van der Waals surface area (Å²) in [7, 11) is 1.58. The number of nitrogens with zero attached hydrogens (tertiary/aromatic N) is 2. The molecule has 2 N–H and O–H groups in total. The fourth-order valence-electron chi connectivity index (χ4n) is 1.16. The summed E-state index contributed by atoms with van der Waals surface area (Å²) >= 11 is 0. The molecule has 0 radical (unpaired) electrons. The van der Waals surface area contributed by atoms with E-state index in [1.807, 2.05) is 6.92 Å². The smallest absolute Gasteiger partial charge is 0.226 e. The van der Waals surface area contributed by atoms with Gasteiger partial charge < -0.3 is 15.2 Å². The topological polar surface area (TPSA) is 67.3 Å². The lowest BCUT2D eigenvalue weighted by Gasteiger charge is -2.06. The molecular weight excluding hydrogens is 194 g/mol. The molecule has 0 aliphatic rings. The largest absolute Gasteiger partial charge is 0.481 e. The summed E-state index contributed by atoms with van der Waals surface area (Å²) in [5.74, 6) is 1.14. The zero-order valence-corrected chi connectivity index (χ0v) is 9.16. The summed E-state index contributed by atoms with van der Waals surface area (Å²) in [6, 6.07) is 1.78. The maximum atomic E-state index is 8.61. The standard InChI is InChI=1S/C10H17N3O2/c1-8-7-9(15-2)13-10(12-8)11-5-3-4-6-14/h7,14H,3-6H2,1-2H3,(H,11,12,13). The van der Waals surface area contributed by atoms with E-state index >= 15 is 0 Å². The Morgan fingerprint density at radius 3 is 2.87 bits per heavy atom. The second kappa shape index (κ2) is 6.19. The summed E-state index contributed by atoms with van der Waals surface area (Å²) in [6.07, 6.45) is 1.69. The highest BCUT2D eigenvalue weighted by atomic mass is 16.5. The molecule has 0 spiro atoms. The predicted octanol–water partition coefficient (Wildman–Crippen LogP) is 0.978. The average Bonchev–Trinajstić information content (AvgIpc) is 2.23. The molecule has 0 aliphatic carbocycles. The summed E-state index contributed by atoms with van der Waals surface area (Å²) in [6.45, 7) is 2.87. The fourth-order valence-corrected chi connectivity index (χ4v) is 1.16. The molecule has 0 unspecified atom stereocenters. The molecule has 0 fully saturated rings. The van der Waals surface area contributed by atoms with Crippen LogP contribution in [0.3, 0.4) is 0 Å². The highest BCUT2D eigenvalue weighted by molar-refractivity contribution is 5.30. The molecule has 0 saturated heterocycles. The van der Waals surface area contributed by atoms with Crippen molar-refractivity contribution in [3.63, 3.8) is 0 Å². The zero-order chi connectivity index (χ0) is 11.1. The van der Waals surface area contributed by atoms with Crippen LogP contribution in [-0.4, -0.2) is 35.3 Å². The number of hydrogen-bond acceptors (Lipinski definition) is 5. The van der Waals surface area contributed by atoms with Crippen molar-refractivity contribution in [1.82, 2.24) is 9.97 Å². The van der Waals surface area contributed by atoms with Crippen LogP contribution in [0.15, 0.2) is 6.07 Å². The van der Waals surface area contributed by atoms with Crippen LogP contribution < -0.4 is 10.1 Å². The van der Waals surface area contributed by atoms with Crippen LogP contribution in [0.5, 0.6) is 5.88 Å². The Hall–Kier alpha value is -1.36. The fraction of sp³-hybridized carbons (Fsp3) is 0.600. The third-order valence-corrected chi connectivity index (χ3v) is 1.91. The first-order valence-corrected chi connectivity index (χ1v) is 5.00. The Morgan fingerprint density at radius 2 is 2.20 bits per heavy atom. The molecule has 5 heteroatoms. The first-order valence-electron chi connectivity index (χ1n) is 5.00. The van der Waals surface area contributed by atoms with Crippen molar-refractivity contribution in [1.29, 1.82) is 0 Å². The van der Waals surface area contributed by atoms with Crippen LogP contribution in [-0.2, 0) is 0 Å². The third-order valence-electron chi connectivity index (χ3n) is 1.91. The van der Waals surface area contributed by atoms with Gasteiger partial charge in [0.1, 0.15) is 0 Å². The Bertz CT molecular complexity index is 305. The number of aliphatic hydroxyl groups excluding tert-OH is 1. The maximum absolute atomic E-state index is 8.61. The van der Waals surface area contributed by atoms with Gasteiger partial charge in [0.15, 0.2) is 0 Å². The second-order valence-corrected chi connectivity index (χ2v) is 3.23. The highest BCUT2D eigenvalue weighted by Gasteiger charge is 2.00. The minimum absolute atomic E-state index is 0.222. The van der Waals surface area contributed by atoms with E-state index in [2.05, 4.69) is 15.3 Å². The van der Waals surface area contributed by atoms with E-state index in [0.29, 0.717) is 11.8 Å². The number of aromatic nitrogens is 2. The van der Waals surface area contributed by atoms with E-state index < -0.39 is 0 Å². The number of nitrogens with one attached hydrogen (secondary N) is 1. The number of methoxy groups -OCH3 is 1. The molecule has 84 valence electrons. The predicted molar refractivity (Wildman–Crippen MR) is 58.1 cm³/mol. The molecule has 0 aromatic carbocycles. The molecule has 1 rings (SSSR count). The van der Waals surface area contributed by atoms with E-state index in [1.54, 1.807) is 13.2 Å². The summed E-state index contributed by atoms with van der Waals surface area (Å²) in [5, 5.41) is 11.7. The molecule has 1 aromatic heterocycles. The first-order chi connectivity index (χ1) is 7.26. The lowest BCUT2D eigenvalue weighted by Crippen LogP contribution is -2.07. The van der Waals surface area contributed by atoms with E-state index in [0.717, 1.165) is 25.1 Å². The Labute approximate surface area is 89.5 Å². The van der Waals surface area contributed by atoms with E-state index in [1.165, 1.54) is 0 Å². The van der Waals surface area contributed by atoms with Crippen molar-refractivity contribution in [2.24, 2.45) is 0 Å². The number of rotatable bonds is 6. The van der Waals surface area contributed by atoms with Gasteiger partial charge in [0.2, 0.25) is 11.8 Å². The second-order valence-electron chi connectivity index (χ2n) is 3.23. The number of anilines is 1. The van der Waals surface area contributed by atoms with Crippen LogP contribution in [0, 0.1) is 6.92 Å². The summed E-state index contributed by atoms with van der Waals surface area (Å²) < 4.78 is 5.03. The molecule has 0 aliphatic heterocycles. The Morgan fingerprint density at radius 1 is 1.40 bits per heavy atom. The highest BCUT2D eigenvalue weighted by Crippen LogP contribution is 2.10. The van der Waals surface area contributed by atoms with E-state index in [4.69, 9.17) is 9.84 Å². The number of ether oxygens (including phenoxy) is 1. The summed E-state index contributed by atoms with van der Waals surface area (Å²) in [4.78, 5) is 8.36. The molecule has 1 heterocycles. The first kappa shape index (κ1) is 11.7. The number of aryl methyl sites for hydroxylation is 1. The molecule has 15 heavy (non-hydrogen) atoms. The van der Waals surface area contributed by atoms with Gasteiger partial charge in [-0.2, -0.15) is 4.98 Å². The maximum Gasteiger partial charge on any atom is 0.226 e. The van der Waals surface area contributed by atoms with Gasteiger partial charge in [-0.15, -0.1) is 0 Å². The molecule has 1 aromatic rings. The van der Waals surface area contributed by atoms with Gasteiger partial charge >= 0.3 is 0 Å². The van der Waals surface area contributed by atoms with Crippen molar-refractivity contribution in [3.05, 3.63) is 11.8 Å². The van der Waals surface area contributed by atoms with Crippen LogP contribution in [0.25, 0.3) is 0 Å². The number of aliphatic hydroxyl groups is 1. The van der Waals surface area contributed by atoms with Crippen LogP contribution in [0.2, 0.25) is 0 Å². The third kappa shape index (κ3) is 4.12. The average molecular weight is 211 g/mol. The minimum atomic E-state index is 0.222. The molecule has 0 atom stereocenters. The Balaban J connectivity index is 2.49. The van der Waals surface area contributed by atoms with Gasteiger partial charge in [-0.25, -0.2) is 4.98 Å². The van der Waals surface area contributed by atoms with Crippen LogP contribution >= 0.6 is 0 Å². The van der Waals surface area contributed by atoms with Gasteiger partial charge in [-0.1, -0.05) is 0 Å². The van der Waals surface area contributed by atoms with Gasteiger partial charge in [0.05, 0.1) is 7.11 Å².